The zero-order chi connectivity index (χ0) is 30.1. The van der Waals surface area contributed by atoms with Gasteiger partial charge in [-0.25, -0.2) is 14.3 Å². The van der Waals surface area contributed by atoms with Crippen LogP contribution < -0.4 is 5.56 Å². The zero-order valence-electron chi connectivity index (χ0n) is 20.1. The lowest BCUT2D eigenvalue weighted by Gasteiger charge is -2.10. The fraction of sp³-hybridized carbons (Fsp3) is 0. The van der Waals surface area contributed by atoms with E-state index < -0.39 is 71.1 Å². The second-order valence-corrected chi connectivity index (χ2v) is 10.9. The molecule has 0 saturated heterocycles. The Balaban J connectivity index is 1.66. The van der Waals surface area contributed by atoms with Crippen molar-refractivity contribution in [2.75, 3.05) is 0 Å². The van der Waals surface area contributed by atoms with E-state index >= 15 is 0 Å². The lowest BCUT2D eigenvalue weighted by atomic mass is 10.1. The molecule has 16 nitrogen and oxygen atoms in total. The summed E-state index contributed by atoms with van der Waals surface area (Å²) in [6.07, 6.45) is 2.76. The number of amides is 1. The number of nitrogens with one attached hydrogen (secondary N) is 1. The minimum atomic E-state index is -4.57. The second kappa shape index (κ2) is 10.8. The molecule has 0 atom stereocenters. The average molecular weight is 605 g/mol. The first kappa shape index (κ1) is 28.8. The summed E-state index contributed by atoms with van der Waals surface area (Å²) in [7, 11) is -9.09. The molecule has 4 N–H and O–H groups in total. The number of aliphatic carboxylic acids is 1. The van der Waals surface area contributed by atoms with Crippen LogP contribution in [0, 0.1) is 0 Å². The summed E-state index contributed by atoms with van der Waals surface area (Å²) in [5.41, 5.74) is -3.54. The van der Waals surface area contributed by atoms with Crippen molar-refractivity contribution < 1.29 is 50.3 Å². The van der Waals surface area contributed by atoms with E-state index in [-0.39, 0.29) is 15.8 Å². The number of hydroxylamine groups is 1. The van der Waals surface area contributed by atoms with Gasteiger partial charge in [-0.15, -0.1) is 9.39 Å². The van der Waals surface area contributed by atoms with E-state index in [4.69, 9.17) is 4.55 Å². The first-order valence-corrected chi connectivity index (χ1v) is 13.8. The van der Waals surface area contributed by atoms with Crippen LogP contribution in [0.3, 0.4) is 0 Å². The molecule has 0 unspecified atom stereocenters. The van der Waals surface area contributed by atoms with E-state index in [0.717, 1.165) is 47.2 Å². The van der Waals surface area contributed by atoms with Gasteiger partial charge < -0.3 is 10.2 Å². The molecule has 0 spiro atoms. The molecular weight excluding hydrogens is 588 g/mol. The topological polar surface area (TPSA) is 243 Å². The van der Waals surface area contributed by atoms with Gasteiger partial charge in [0, 0.05) is 0 Å². The van der Waals surface area contributed by atoms with Gasteiger partial charge in [0.05, 0.1) is 26.6 Å². The maximum absolute atomic E-state index is 12.9. The van der Waals surface area contributed by atoms with Crippen molar-refractivity contribution in [3.05, 3.63) is 93.9 Å². The van der Waals surface area contributed by atoms with Gasteiger partial charge in [0.2, 0.25) is 0 Å². The fourth-order valence-corrected chi connectivity index (χ4v) is 4.78. The number of hydrogen-bond acceptors (Lipinski definition) is 10. The quantitative estimate of drug-likeness (QED) is 0.194. The molecule has 0 radical (unpaired) electrons. The molecule has 212 valence electrons. The Hall–Kier alpha value is -5.17. The Morgan fingerprint density at radius 2 is 1.54 bits per heavy atom. The van der Waals surface area contributed by atoms with E-state index in [0.29, 0.717) is 0 Å². The number of carbonyl (C=O) groups excluding carboxylic acids is 1. The number of aromatic amines is 1. The van der Waals surface area contributed by atoms with Crippen LogP contribution in [0.2, 0.25) is 0 Å². The van der Waals surface area contributed by atoms with Crippen molar-refractivity contribution >= 4 is 49.9 Å². The summed E-state index contributed by atoms with van der Waals surface area (Å²) in [5, 5.41) is 24.7. The third-order valence-corrected chi connectivity index (χ3v) is 7.37. The largest absolute Gasteiger partial charge is 0.477 e. The van der Waals surface area contributed by atoms with Gasteiger partial charge in [0.1, 0.15) is 0 Å². The molecule has 1 aromatic heterocycles. The Morgan fingerprint density at radius 1 is 0.902 bits per heavy atom. The molecule has 0 bridgehead atoms. The van der Waals surface area contributed by atoms with Gasteiger partial charge >= 0.3 is 28.0 Å². The second-order valence-electron chi connectivity index (χ2n) is 7.93. The van der Waals surface area contributed by atoms with Gasteiger partial charge in [-0.1, -0.05) is 29.4 Å². The number of carboxylic acids is 2. The molecule has 1 aliphatic rings. The highest BCUT2D eigenvalue weighted by Crippen LogP contribution is 2.21. The third kappa shape index (κ3) is 5.89. The lowest BCUT2D eigenvalue weighted by molar-refractivity contribution is -0.149. The number of aromatic carboxylic acids is 1. The number of aromatic nitrogens is 2. The van der Waals surface area contributed by atoms with E-state index in [1.54, 1.807) is 0 Å². The minimum Gasteiger partial charge on any atom is -0.477 e. The molecule has 4 rings (SSSR count). The summed E-state index contributed by atoms with van der Waals surface area (Å²) < 4.78 is 61.9. The normalized spacial score (nSPS) is 15.0. The van der Waals surface area contributed by atoms with Crippen LogP contribution in [-0.2, 0) is 34.1 Å². The summed E-state index contributed by atoms with van der Waals surface area (Å²) in [6.45, 7) is 0. The van der Waals surface area contributed by atoms with Gasteiger partial charge in [-0.2, -0.15) is 16.8 Å². The van der Waals surface area contributed by atoms with Crippen molar-refractivity contribution in [3.63, 3.8) is 0 Å². The van der Waals surface area contributed by atoms with Gasteiger partial charge in [0.15, 0.2) is 11.4 Å². The maximum Gasteiger partial charge on any atom is 0.357 e. The number of rotatable bonds is 9. The third-order valence-electron chi connectivity index (χ3n) is 5.31. The predicted octanol–water partition coefficient (Wildman–Crippen LogP) is 0.653. The summed E-state index contributed by atoms with van der Waals surface area (Å²) in [4.78, 5) is 48.2. The molecular formula is C23H16N4O12S2. The molecule has 1 amide bonds. The summed E-state index contributed by atoms with van der Waals surface area (Å²) in [5.74, 6) is -4.57. The number of allylic oxidation sites excluding steroid dienone is 2. The number of hydrogen-bond donors (Lipinski definition) is 4. The van der Waals surface area contributed by atoms with Crippen LogP contribution in [0.4, 0.5) is 0 Å². The molecule has 41 heavy (non-hydrogen) atoms. The van der Waals surface area contributed by atoms with Crippen LogP contribution in [0.15, 0.2) is 92.0 Å². The van der Waals surface area contributed by atoms with Gasteiger partial charge in [-0.05, 0) is 48.6 Å². The Morgan fingerprint density at radius 3 is 2.10 bits per heavy atom. The highest BCUT2D eigenvalue weighted by Gasteiger charge is 2.38. The standard InChI is InChI=1S/C23H16N4O12S2/c28-20-16(18(22(30)31)24-26(20)13-9-11-14(12-10-13)40(34,35)36)7-4-8-17-19(23(32)33)25-27(21(17)29)39-41(37,38)15-5-2-1-3-6-15/h1-12,24H,(H,30,31)(H,32,33)(H,34,35,36). The molecule has 2 aromatic carbocycles. The number of H-pyrrole nitrogens is 1. The molecule has 1 aliphatic heterocycles. The van der Waals surface area contributed by atoms with Crippen molar-refractivity contribution in [1.29, 1.82) is 0 Å². The van der Waals surface area contributed by atoms with Crippen LogP contribution in [0.1, 0.15) is 16.1 Å². The van der Waals surface area contributed by atoms with E-state index in [9.17, 15) is 46.2 Å². The lowest BCUT2D eigenvalue weighted by Crippen LogP contribution is -2.26. The molecule has 0 saturated carbocycles. The predicted molar refractivity (Wildman–Crippen MR) is 137 cm³/mol. The van der Waals surface area contributed by atoms with Crippen molar-refractivity contribution in [1.82, 2.24) is 15.0 Å². The minimum absolute atomic E-state index is 0.00147. The number of benzene rings is 2. The van der Waals surface area contributed by atoms with Crippen molar-refractivity contribution in [2.45, 2.75) is 9.79 Å². The first-order chi connectivity index (χ1) is 19.2. The maximum atomic E-state index is 12.9. The van der Waals surface area contributed by atoms with E-state index in [1.165, 1.54) is 30.3 Å². The van der Waals surface area contributed by atoms with Crippen LogP contribution in [0.25, 0.3) is 11.8 Å². The van der Waals surface area contributed by atoms with Crippen LogP contribution in [0.5, 0.6) is 0 Å². The number of nitrogens with zero attached hydrogens (tertiary/aromatic N) is 3. The van der Waals surface area contributed by atoms with E-state index in [2.05, 4.69) is 14.5 Å². The van der Waals surface area contributed by atoms with Gasteiger partial charge in [-0.3, -0.25) is 19.2 Å². The molecule has 18 heteroatoms. The van der Waals surface area contributed by atoms with Crippen LogP contribution >= 0.6 is 0 Å². The zero-order valence-corrected chi connectivity index (χ0v) is 21.7. The molecule has 0 fully saturated rings. The number of carbonyl (C=O) groups is 3. The summed E-state index contributed by atoms with van der Waals surface area (Å²) in [6, 6.07) is 10.8. The number of hydrazone groups is 1. The fourth-order valence-electron chi connectivity index (χ4n) is 3.43. The Bertz CT molecular complexity index is 1940. The molecule has 3 aromatic rings. The van der Waals surface area contributed by atoms with E-state index in [1.807, 2.05) is 0 Å². The first-order valence-electron chi connectivity index (χ1n) is 10.9. The highest BCUT2D eigenvalue weighted by molar-refractivity contribution is 7.86. The highest BCUT2D eigenvalue weighted by atomic mass is 32.2. The Labute approximate surface area is 229 Å². The van der Waals surface area contributed by atoms with Crippen LogP contribution in [-0.4, -0.2) is 70.1 Å². The number of carboxylic acid groups (broad SMARTS) is 2. The SMILES string of the molecule is O=C(O)C1=NN(OS(=O)(=O)c2ccccc2)C(=O)C1=CC=Cc1c(C(=O)O)[nH]n(-c2ccc(S(=O)(=O)O)cc2)c1=O. The summed E-state index contributed by atoms with van der Waals surface area (Å²) >= 11 is 0. The molecule has 0 aliphatic carbocycles. The average Bonchev–Trinajstić information content (AvgIpc) is 3.40. The van der Waals surface area contributed by atoms with Crippen molar-refractivity contribution in [2.24, 2.45) is 5.10 Å². The van der Waals surface area contributed by atoms with Gasteiger partial charge in [0.25, 0.3) is 15.7 Å². The monoisotopic (exact) mass is 604 g/mol. The Kier molecular flexibility index (Phi) is 7.57. The molecule has 2 heterocycles. The van der Waals surface area contributed by atoms with Crippen molar-refractivity contribution in [3.8, 4) is 5.69 Å². The smallest absolute Gasteiger partial charge is 0.357 e.